The van der Waals surface area contributed by atoms with Gasteiger partial charge in [-0.15, -0.1) is 0 Å². The molecule has 0 saturated carbocycles. The zero-order chi connectivity index (χ0) is 15.4. The van der Waals surface area contributed by atoms with Crippen LogP contribution in [0.1, 0.15) is 38.3 Å². The molecule has 0 aromatic heterocycles. The molecule has 0 radical (unpaired) electrons. The molecule has 3 N–H and O–H groups in total. The maximum absolute atomic E-state index is 13.1. The Morgan fingerprint density at radius 2 is 2.14 bits per heavy atom. The molecule has 1 aliphatic rings. The minimum absolute atomic E-state index is 0.0000258. The van der Waals surface area contributed by atoms with Gasteiger partial charge in [-0.2, -0.15) is 0 Å². The smallest absolute Gasteiger partial charge is 0.217 e. The molecule has 1 aromatic carbocycles. The van der Waals surface area contributed by atoms with Gasteiger partial charge in [0.15, 0.2) is 0 Å². The van der Waals surface area contributed by atoms with Crippen LogP contribution in [0.2, 0.25) is 0 Å². The van der Waals surface area contributed by atoms with Gasteiger partial charge in [-0.25, -0.2) is 4.39 Å². The molecule has 1 fully saturated rings. The molecule has 1 aliphatic heterocycles. The molecule has 4 nitrogen and oxygen atoms in total. The molecule has 1 amide bonds. The zero-order valence-electron chi connectivity index (χ0n) is 12.7. The van der Waals surface area contributed by atoms with Crippen molar-refractivity contribution in [3.8, 4) is 0 Å². The lowest BCUT2D eigenvalue weighted by Crippen LogP contribution is -2.42. The number of carbonyl (C=O) groups excluding carboxylic acids is 1. The summed E-state index contributed by atoms with van der Waals surface area (Å²) >= 11 is 0. The molecule has 3 unspecified atom stereocenters. The second-order valence-corrected chi connectivity index (χ2v) is 5.75. The molecule has 2 rings (SSSR count). The van der Waals surface area contributed by atoms with E-state index in [1.807, 2.05) is 0 Å². The number of hydrogen-bond donors (Lipinski definition) is 2. The number of rotatable bonds is 5. The van der Waals surface area contributed by atoms with Crippen LogP contribution < -0.4 is 11.1 Å². The van der Waals surface area contributed by atoms with Gasteiger partial charge in [-0.1, -0.05) is 19.1 Å². The largest absolute Gasteiger partial charge is 0.352 e. The monoisotopic (exact) mass is 293 g/mol. The number of benzene rings is 1. The Bertz CT molecular complexity index is 477. The van der Waals surface area contributed by atoms with Crippen molar-refractivity contribution >= 4 is 5.91 Å². The first-order valence-corrected chi connectivity index (χ1v) is 7.53. The molecular weight excluding hydrogens is 269 g/mol. The topological polar surface area (TPSA) is 58.4 Å². The van der Waals surface area contributed by atoms with Crippen molar-refractivity contribution < 1.29 is 9.18 Å². The summed E-state index contributed by atoms with van der Waals surface area (Å²) in [6, 6.07) is 6.80. The number of carbonyl (C=O) groups is 1. The third-order valence-corrected chi connectivity index (χ3v) is 4.11. The van der Waals surface area contributed by atoms with Crippen LogP contribution in [0.4, 0.5) is 4.39 Å². The van der Waals surface area contributed by atoms with Gasteiger partial charge in [0.1, 0.15) is 5.82 Å². The van der Waals surface area contributed by atoms with Crippen LogP contribution >= 0.6 is 0 Å². The second kappa shape index (κ2) is 7.00. The van der Waals surface area contributed by atoms with Crippen molar-refractivity contribution in [2.45, 2.75) is 44.8 Å². The lowest BCUT2D eigenvalue weighted by Gasteiger charge is -2.32. The first-order valence-electron chi connectivity index (χ1n) is 7.53. The zero-order valence-corrected chi connectivity index (χ0v) is 12.7. The highest BCUT2D eigenvalue weighted by atomic mass is 19.1. The van der Waals surface area contributed by atoms with Gasteiger partial charge in [-0.3, -0.25) is 9.69 Å². The first-order chi connectivity index (χ1) is 10.0. The van der Waals surface area contributed by atoms with E-state index in [1.165, 1.54) is 19.1 Å². The average molecular weight is 293 g/mol. The van der Waals surface area contributed by atoms with E-state index in [4.69, 9.17) is 5.73 Å². The van der Waals surface area contributed by atoms with Crippen molar-refractivity contribution in [3.05, 3.63) is 35.6 Å². The van der Waals surface area contributed by atoms with Gasteiger partial charge >= 0.3 is 0 Å². The predicted molar refractivity (Wildman–Crippen MR) is 81.2 cm³/mol. The number of halogens is 1. The van der Waals surface area contributed by atoms with E-state index in [0.29, 0.717) is 0 Å². The molecule has 1 heterocycles. The van der Waals surface area contributed by atoms with Crippen molar-refractivity contribution in [2.24, 2.45) is 5.73 Å². The average Bonchev–Trinajstić information content (AvgIpc) is 2.88. The summed E-state index contributed by atoms with van der Waals surface area (Å²) in [6.45, 7) is 5.27. The molecule has 116 valence electrons. The van der Waals surface area contributed by atoms with Gasteiger partial charge in [0.25, 0.3) is 0 Å². The van der Waals surface area contributed by atoms with Crippen molar-refractivity contribution in [2.75, 3.05) is 13.1 Å². The summed E-state index contributed by atoms with van der Waals surface area (Å²) in [5.74, 6) is -0.236. The van der Waals surface area contributed by atoms with Gasteiger partial charge < -0.3 is 11.1 Å². The van der Waals surface area contributed by atoms with E-state index in [1.54, 1.807) is 12.1 Å². The van der Waals surface area contributed by atoms with Gasteiger partial charge in [0, 0.05) is 38.1 Å². The minimum Gasteiger partial charge on any atom is -0.352 e. The van der Waals surface area contributed by atoms with Crippen LogP contribution in [-0.4, -0.2) is 36.0 Å². The number of hydrogen-bond acceptors (Lipinski definition) is 3. The Labute approximate surface area is 125 Å². The van der Waals surface area contributed by atoms with E-state index in [0.717, 1.165) is 31.5 Å². The van der Waals surface area contributed by atoms with Crippen LogP contribution in [0.25, 0.3) is 0 Å². The third-order valence-electron chi connectivity index (χ3n) is 4.11. The SMILES string of the molecule is CCC(N)C(c1ccc(F)cc1)N1CCC(NC(C)=O)C1. The maximum atomic E-state index is 13.1. The van der Waals surface area contributed by atoms with Crippen LogP contribution in [0.3, 0.4) is 0 Å². The molecular formula is C16H24FN3O. The number of nitrogens with zero attached hydrogens (tertiary/aromatic N) is 1. The normalized spacial score (nSPS) is 22.0. The fourth-order valence-corrected chi connectivity index (χ4v) is 3.06. The van der Waals surface area contributed by atoms with Crippen LogP contribution in [0.15, 0.2) is 24.3 Å². The maximum Gasteiger partial charge on any atom is 0.217 e. The highest BCUT2D eigenvalue weighted by molar-refractivity contribution is 5.73. The molecule has 0 bridgehead atoms. The summed E-state index contributed by atoms with van der Waals surface area (Å²) in [7, 11) is 0. The Kier molecular flexibility index (Phi) is 5.31. The van der Waals surface area contributed by atoms with Gasteiger partial charge in [-0.05, 0) is 30.5 Å². The van der Waals surface area contributed by atoms with Crippen LogP contribution in [0, 0.1) is 5.82 Å². The van der Waals surface area contributed by atoms with E-state index >= 15 is 0 Å². The number of nitrogens with two attached hydrogens (primary N) is 1. The van der Waals surface area contributed by atoms with Gasteiger partial charge in [0.05, 0.1) is 0 Å². The molecule has 1 aromatic rings. The number of amides is 1. The van der Waals surface area contributed by atoms with Crippen LogP contribution in [-0.2, 0) is 4.79 Å². The van der Waals surface area contributed by atoms with Gasteiger partial charge in [0.2, 0.25) is 5.91 Å². The fraction of sp³-hybridized carbons (Fsp3) is 0.562. The summed E-state index contributed by atoms with van der Waals surface area (Å²) in [5.41, 5.74) is 7.33. The minimum atomic E-state index is -0.236. The molecule has 5 heteroatoms. The fourth-order valence-electron chi connectivity index (χ4n) is 3.06. The molecule has 0 spiro atoms. The number of likely N-dealkylation sites (tertiary alicyclic amines) is 1. The quantitative estimate of drug-likeness (QED) is 0.870. The summed E-state index contributed by atoms with van der Waals surface area (Å²) < 4.78 is 13.1. The Morgan fingerprint density at radius 1 is 1.48 bits per heavy atom. The Balaban J connectivity index is 2.14. The highest BCUT2D eigenvalue weighted by Gasteiger charge is 2.32. The number of nitrogens with one attached hydrogen (secondary N) is 1. The summed E-state index contributed by atoms with van der Waals surface area (Å²) in [5, 5.41) is 2.96. The Morgan fingerprint density at radius 3 is 2.71 bits per heavy atom. The molecule has 21 heavy (non-hydrogen) atoms. The third kappa shape index (κ3) is 4.02. The molecule has 3 atom stereocenters. The van der Waals surface area contributed by atoms with E-state index in [9.17, 15) is 9.18 Å². The van der Waals surface area contributed by atoms with E-state index in [-0.39, 0.29) is 29.8 Å². The second-order valence-electron chi connectivity index (χ2n) is 5.75. The Hall–Kier alpha value is -1.46. The van der Waals surface area contributed by atoms with Crippen LogP contribution in [0.5, 0.6) is 0 Å². The highest BCUT2D eigenvalue weighted by Crippen LogP contribution is 2.28. The first kappa shape index (κ1) is 15.9. The standard InChI is InChI=1S/C16H24FN3O/c1-3-15(18)16(12-4-6-13(17)7-5-12)20-9-8-14(10-20)19-11(2)21/h4-7,14-16H,3,8-10,18H2,1-2H3,(H,19,21). The lowest BCUT2D eigenvalue weighted by molar-refractivity contribution is -0.119. The van der Waals surface area contributed by atoms with Crippen molar-refractivity contribution in [3.63, 3.8) is 0 Å². The van der Waals surface area contributed by atoms with Crippen molar-refractivity contribution in [1.82, 2.24) is 10.2 Å². The van der Waals surface area contributed by atoms with E-state index in [2.05, 4.69) is 17.1 Å². The molecule has 0 aliphatic carbocycles. The predicted octanol–water partition coefficient (Wildman–Crippen LogP) is 1.81. The summed E-state index contributed by atoms with van der Waals surface area (Å²) in [4.78, 5) is 13.5. The van der Waals surface area contributed by atoms with Crippen molar-refractivity contribution in [1.29, 1.82) is 0 Å². The lowest BCUT2D eigenvalue weighted by atomic mass is 9.96. The summed E-state index contributed by atoms with van der Waals surface area (Å²) in [6.07, 6.45) is 1.77. The molecule has 1 saturated heterocycles. The van der Waals surface area contributed by atoms with E-state index < -0.39 is 0 Å².